The van der Waals surface area contributed by atoms with Crippen LogP contribution in [0.2, 0.25) is 0 Å². The Morgan fingerprint density at radius 2 is 1.69 bits per heavy atom. The number of rotatable bonds is 2. The van der Waals surface area contributed by atoms with Gasteiger partial charge in [-0.05, 0) is 37.5 Å². The first-order valence-corrected chi connectivity index (χ1v) is 5.50. The first-order valence-electron chi connectivity index (χ1n) is 4.38. The van der Waals surface area contributed by atoms with Crippen LogP contribution in [0, 0.1) is 20.8 Å². The van der Waals surface area contributed by atoms with Crippen LogP contribution >= 0.6 is 15.9 Å². The highest BCUT2D eigenvalue weighted by atomic mass is 79.9. The van der Waals surface area contributed by atoms with Gasteiger partial charge in [0, 0.05) is 5.33 Å². The molecule has 1 aromatic carbocycles. The van der Waals surface area contributed by atoms with Crippen molar-refractivity contribution in [3.63, 3.8) is 0 Å². The predicted molar refractivity (Wildman–Crippen MR) is 59.4 cm³/mol. The summed E-state index contributed by atoms with van der Waals surface area (Å²) in [6.07, 6.45) is -0.388. The van der Waals surface area contributed by atoms with E-state index in [2.05, 4.69) is 35.0 Å². The molecule has 2 heteroatoms. The van der Waals surface area contributed by atoms with Crippen LogP contribution in [0.4, 0.5) is 0 Å². The fourth-order valence-electron chi connectivity index (χ4n) is 1.79. The van der Waals surface area contributed by atoms with Crippen LogP contribution in [0.15, 0.2) is 12.1 Å². The molecule has 0 aliphatic heterocycles. The maximum absolute atomic E-state index is 9.73. The lowest BCUT2D eigenvalue weighted by atomic mass is 9.96. The average molecular weight is 243 g/mol. The van der Waals surface area contributed by atoms with Gasteiger partial charge in [0.05, 0.1) is 6.10 Å². The average Bonchev–Trinajstić information content (AvgIpc) is 2.02. The maximum atomic E-state index is 9.73. The summed E-state index contributed by atoms with van der Waals surface area (Å²) in [5.74, 6) is 0. The molecule has 1 atom stereocenters. The van der Waals surface area contributed by atoms with Gasteiger partial charge in [-0.2, -0.15) is 0 Å². The molecule has 0 saturated heterocycles. The fourth-order valence-corrected chi connectivity index (χ4v) is 2.12. The third-order valence-corrected chi connectivity index (χ3v) is 2.83. The van der Waals surface area contributed by atoms with Crippen molar-refractivity contribution in [3.05, 3.63) is 34.4 Å². The molecule has 0 aromatic heterocycles. The monoisotopic (exact) mass is 242 g/mol. The zero-order valence-corrected chi connectivity index (χ0v) is 9.85. The van der Waals surface area contributed by atoms with Crippen LogP contribution in [0.25, 0.3) is 0 Å². The molecule has 0 spiro atoms. The SMILES string of the molecule is Cc1cc(C)c([C@H](O)CBr)c(C)c1. The molecular formula is C11H15BrO. The smallest absolute Gasteiger partial charge is 0.0891 e. The highest BCUT2D eigenvalue weighted by Crippen LogP contribution is 2.24. The summed E-state index contributed by atoms with van der Waals surface area (Å²) >= 11 is 3.29. The first-order chi connectivity index (χ1) is 6.06. The van der Waals surface area contributed by atoms with Gasteiger partial charge in [-0.3, -0.25) is 0 Å². The number of aryl methyl sites for hydroxylation is 3. The molecule has 0 fully saturated rings. The largest absolute Gasteiger partial charge is 0.388 e. The number of halogens is 1. The zero-order valence-electron chi connectivity index (χ0n) is 8.26. The second-order valence-electron chi connectivity index (χ2n) is 3.48. The number of benzene rings is 1. The lowest BCUT2D eigenvalue weighted by molar-refractivity contribution is 0.204. The lowest BCUT2D eigenvalue weighted by Gasteiger charge is -2.15. The highest BCUT2D eigenvalue weighted by Gasteiger charge is 2.11. The van der Waals surface area contributed by atoms with Crippen molar-refractivity contribution in [2.24, 2.45) is 0 Å². The Hall–Kier alpha value is -0.340. The Bertz CT molecular complexity index is 284. The van der Waals surface area contributed by atoms with Gasteiger partial charge in [0.25, 0.3) is 0 Å². The van der Waals surface area contributed by atoms with E-state index in [1.807, 2.05) is 13.8 Å². The van der Waals surface area contributed by atoms with E-state index >= 15 is 0 Å². The minimum atomic E-state index is -0.388. The minimum Gasteiger partial charge on any atom is -0.388 e. The third kappa shape index (κ3) is 2.32. The molecule has 13 heavy (non-hydrogen) atoms. The lowest BCUT2D eigenvalue weighted by Crippen LogP contribution is -2.04. The molecule has 0 unspecified atom stereocenters. The molecule has 1 aromatic rings. The summed E-state index contributed by atoms with van der Waals surface area (Å²) in [7, 11) is 0. The molecule has 0 bridgehead atoms. The third-order valence-electron chi connectivity index (χ3n) is 2.22. The normalized spacial score (nSPS) is 13.0. The van der Waals surface area contributed by atoms with Crippen molar-refractivity contribution in [1.29, 1.82) is 0 Å². The van der Waals surface area contributed by atoms with Gasteiger partial charge in [-0.15, -0.1) is 0 Å². The van der Waals surface area contributed by atoms with Gasteiger partial charge < -0.3 is 5.11 Å². The topological polar surface area (TPSA) is 20.2 Å². The molecule has 1 N–H and O–H groups in total. The Balaban J connectivity index is 3.20. The predicted octanol–water partition coefficient (Wildman–Crippen LogP) is 3.04. The van der Waals surface area contributed by atoms with Gasteiger partial charge >= 0.3 is 0 Å². The van der Waals surface area contributed by atoms with Gasteiger partial charge in [0.1, 0.15) is 0 Å². The number of hydrogen-bond acceptors (Lipinski definition) is 1. The van der Waals surface area contributed by atoms with Crippen molar-refractivity contribution >= 4 is 15.9 Å². The molecule has 0 heterocycles. The Kier molecular flexibility index (Phi) is 3.51. The second-order valence-corrected chi connectivity index (χ2v) is 4.13. The van der Waals surface area contributed by atoms with Crippen molar-refractivity contribution in [3.8, 4) is 0 Å². The first kappa shape index (κ1) is 10.7. The maximum Gasteiger partial charge on any atom is 0.0891 e. The molecule has 0 amide bonds. The van der Waals surface area contributed by atoms with Crippen molar-refractivity contribution in [2.75, 3.05) is 5.33 Å². The number of hydrogen-bond donors (Lipinski definition) is 1. The summed E-state index contributed by atoms with van der Waals surface area (Å²) in [4.78, 5) is 0. The number of alkyl halides is 1. The van der Waals surface area contributed by atoms with Crippen LogP contribution in [0.3, 0.4) is 0 Å². The molecular weight excluding hydrogens is 228 g/mol. The summed E-state index contributed by atoms with van der Waals surface area (Å²) in [6, 6.07) is 4.21. The van der Waals surface area contributed by atoms with Crippen LogP contribution in [-0.4, -0.2) is 10.4 Å². The Morgan fingerprint density at radius 3 is 2.08 bits per heavy atom. The summed E-state index contributed by atoms with van der Waals surface area (Å²) in [6.45, 7) is 6.16. The van der Waals surface area contributed by atoms with Gasteiger partial charge in [0.15, 0.2) is 0 Å². The van der Waals surface area contributed by atoms with E-state index < -0.39 is 0 Å². The van der Waals surface area contributed by atoms with Gasteiger partial charge in [0.2, 0.25) is 0 Å². The van der Waals surface area contributed by atoms with Crippen LogP contribution < -0.4 is 0 Å². The van der Waals surface area contributed by atoms with E-state index in [1.54, 1.807) is 0 Å². The van der Waals surface area contributed by atoms with E-state index in [0.717, 1.165) is 5.56 Å². The zero-order chi connectivity index (χ0) is 10.0. The van der Waals surface area contributed by atoms with E-state index in [9.17, 15) is 5.11 Å². The molecule has 72 valence electrons. The summed E-state index contributed by atoms with van der Waals surface area (Å²) in [5, 5.41) is 10.3. The molecule has 0 aliphatic carbocycles. The Morgan fingerprint density at radius 1 is 1.23 bits per heavy atom. The molecule has 0 saturated carbocycles. The molecule has 0 radical (unpaired) electrons. The number of aliphatic hydroxyl groups excluding tert-OH is 1. The summed E-state index contributed by atoms with van der Waals surface area (Å²) in [5.41, 5.74) is 4.65. The molecule has 1 rings (SSSR count). The summed E-state index contributed by atoms with van der Waals surface area (Å²) < 4.78 is 0. The van der Waals surface area contributed by atoms with Crippen molar-refractivity contribution in [2.45, 2.75) is 26.9 Å². The van der Waals surface area contributed by atoms with Crippen LogP contribution in [0.1, 0.15) is 28.4 Å². The van der Waals surface area contributed by atoms with Crippen molar-refractivity contribution in [1.82, 2.24) is 0 Å². The van der Waals surface area contributed by atoms with E-state index in [0.29, 0.717) is 5.33 Å². The van der Waals surface area contributed by atoms with Crippen LogP contribution in [0.5, 0.6) is 0 Å². The van der Waals surface area contributed by atoms with E-state index in [-0.39, 0.29) is 6.10 Å². The van der Waals surface area contributed by atoms with E-state index in [1.165, 1.54) is 16.7 Å². The van der Waals surface area contributed by atoms with Crippen LogP contribution in [-0.2, 0) is 0 Å². The van der Waals surface area contributed by atoms with Crippen molar-refractivity contribution < 1.29 is 5.11 Å². The van der Waals surface area contributed by atoms with E-state index in [4.69, 9.17) is 0 Å². The minimum absolute atomic E-state index is 0.388. The quantitative estimate of drug-likeness (QED) is 0.791. The second kappa shape index (κ2) is 4.25. The fraction of sp³-hybridized carbons (Fsp3) is 0.455. The standard InChI is InChI=1S/C11H15BrO/c1-7-4-8(2)11(9(3)5-7)10(13)6-12/h4-5,10,13H,6H2,1-3H3/t10-/m1/s1. The number of aliphatic hydroxyl groups is 1. The van der Waals surface area contributed by atoms with Gasteiger partial charge in [-0.25, -0.2) is 0 Å². The van der Waals surface area contributed by atoms with Gasteiger partial charge in [-0.1, -0.05) is 33.6 Å². The molecule has 0 aliphatic rings. The Labute approximate surface area is 87.9 Å². The highest BCUT2D eigenvalue weighted by molar-refractivity contribution is 9.09. The molecule has 1 nitrogen and oxygen atoms in total.